The first kappa shape index (κ1) is 20.1. The van der Waals surface area contributed by atoms with Gasteiger partial charge in [-0.05, 0) is 26.0 Å². The zero-order valence-corrected chi connectivity index (χ0v) is 16.9. The van der Waals surface area contributed by atoms with E-state index in [2.05, 4.69) is 27.9 Å². The molecule has 0 bridgehead atoms. The van der Waals surface area contributed by atoms with Crippen molar-refractivity contribution in [2.75, 3.05) is 27.2 Å². The molecule has 0 amide bonds. The van der Waals surface area contributed by atoms with E-state index < -0.39 is 6.10 Å². The molecule has 1 N–H and O–H groups in total. The molecule has 3 aromatic rings. The summed E-state index contributed by atoms with van der Waals surface area (Å²) in [6.07, 6.45) is -0.587. The van der Waals surface area contributed by atoms with Gasteiger partial charge < -0.3 is 18.7 Å². The molecule has 0 aliphatic carbocycles. The Morgan fingerprint density at radius 2 is 1.79 bits per heavy atom. The van der Waals surface area contributed by atoms with Crippen molar-refractivity contribution in [1.29, 1.82) is 0 Å². The minimum absolute atomic E-state index is 0.0947. The second kappa shape index (κ2) is 8.17. The Morgan fingerprint density at radius 3 is 2.46 bits per heavy atom. The maximum atomic E-state index is 12.4. The quantitative estimate of drug-likeness (QED) is 0.633. The molecule has 0 fully saturated rings. The first-order valence-electron chi connectivity index (χ1n) is 9.53. The summed E-state index contributed by atoms with van der Waals surface area (Å²) in [6, 6.07) is 16.6. The van der Waals surface area contributed by atoms with Crippen molar-refractivity contribution in [2.45, 2.75) is 26.0 Å². The third-order valence-electron chi connectivity index (χ3n) is 5.28. The van der Waals surface area contributed by atoms with Crippen LogP contribution in [0, 0.1) is 0 Å². The van der Waals surface area contributed by atoms with E-state index in [-0.39, 0.29) is 12.0 Å². The van der Waals surface area contributed by atoms with Crippen molar-refractivity contribution in [1.82, 2.24) is 0 Å². The van der Waals surface area contributed by atoms with Gasteiger partial charge in [0, 0.05) is 17.7 Å². The molecule has 28 heavy (non-hydrogen) atoms. The van der Waals surface area contributed by atoms with Crippen LogP contribution < -0.4 is 10.2 Å². The molecule has 0 saturated carbocycles. The SMILES string of the molecule is CC(C)[N+](C)(C)CC(O)COc1ccc2c(=O)cc(-c3ccccc3)oc2c1. The molecule has 5 heteroatoms. The van der Waals surface area contributed by atoms with Gasteiger partial charge in [0.25, 0.3) is 0 Å². The van der Waals surface area contributed by atoms with E-state index >= 15 is 0 Å². The van der Waals surface area contributed by atoms with Crippen LogP contribution in [0.15, 0.2) is 63.8 Å². The smallest absolute Gasteiger partial charge is 0.193 e. The Labute approximate surface area is 165 Å². The Bertz CT molecular complexity index is 992. The topological polar surface area (TPSA) is 59.7 Å². The van der Waals surface area contributed by atoms with Crippen molar-refractivity contribution in [3.05, 3.63) is 64.8 Å². The molecule has 5 nitrogen and oxygen atoms in total. The average molecular weight is 382 g/mol. The van der Waals surface area contributed by atoms with Crippen LogP contribution >= 0.6 is 0 Å². The normalized spacial score (nSPS) is 13.1. The summed E-state index contributed by atoms with van der Waals surface area (Å²) in [7, 11) is 4.17. The van der Waals surface area contributed by atoms with E-state index in [4.69, 9.17) is 9.15 Å². The number of aliphatic hydroxyl groups is 1. The summed E-state index contributed by atoms with van der Waals surface area (Å²) in [5, 5.41) is 10.8. The van der Waals surface area contributed by atoms with Crippen molar-refractivity contribution in [3.8, 4) is 17.1 Å². The maximum Gasteiger partial charge on any atom is 0.193 e. The molecular formula is C23H28NO4+. The molecule has 0 radical (unpaired) electrons. The van der Waals surface area contributed by atoms with Crippen molar-refractivity contribution < 1.29 is 18.7 Å². The molecule has 0 aliphatic heterocycles. The lowest BCUT2D eigenvalue weighted by Crippen LogP contribution is -2.51. The summed E-state index contributed by atoms with van der Waals surface area (Å²) in [4.78, 5) is 12.4. The number of benzene rings is 2. The zero-order chi connectivity index (χ0) is 20.3. The van der Waals surface area contributed by atoms with E-state index in [1.807, 2.05) is 30.3 Å². The maximum absolute atomic E-state index is 12.4. The third-order valence-corrected chi connectivity index (χ3v) is 5.28. The number of hydrogen-bond acceptors (Lipinski definition) is 4. The standard InChI is InChI=1S/C23H28NO4/c1-16(2)24(3,4)14-18(25)15-27-19-10-11-20-21(26)13-22(28-23(20)12-19)17-8-6-5-7-9-17/h5-13,16,18,25H,14-15H2,1-4H3/q+1. The highest BCUT2D eigenvalue weighted by Crippen LogP contribution is 2.25. The summed E-state index contributed by atoms with van der Waals surface area (Å²) in [5.41, 5.74) is 1.22. The van der Waals surface area contributed by atoms with E-state index in [1.165, 1.54) is 6.07 Å². The van der Waals surface area contributed by atoms with Crippen molar-refractivity contribution in [2.24, 2.45) is 0 Å². The first-order valence-corrected chi connectivity index (χ1v) is 9.53. The highest BCUT2D eigenvalue weighted by Gasteiger charge is 2.24. The van der Waals surface area contributed by atoms with Gasteiger partial charge in [-0.3, -0.25) is 4.79 Å². The molecule has 3 rings (SSSR count). The highest BCUT2D eigenvalue weighted by atomic mass is 16.5. The van der Waals surface area contributed by atoms with Gasteiger partial charge >= 0.3 is 0 Å². The lowest BCUT2D eigenvalue weighted by atomic mass is 10.1. The van der Waals surface area contributed by atoms with Gasteiger partial charge in [0.1, 0.15) is 36.3 Å². The largest absolute Gasteiger partial charge is 0.491 e. The molecule has 1 atom stereocenters. The van der Waals surface area contributed by atoms with E-state index in [1.54, 1.807) is 18.2 Å². The second-order valence-corrected chi connectivity index (χ2v) is 8.02. The number of fused-ring (bicyclic) bond motifs is 1. The molecule has 2 aromatic carbocycles. The molecule has 0 aliphatic rings. The van der Waals surface area contributed by atoms with Gasteiger partial charge in [-0.15, -0.1) is 0 Å². The molecule has 1 unspecified atom stereocenters. The Kier molecular flexibility index (Phi) is 5.87. The zero-order valence-electron chi connectivity index (χ0n) is 16.9. The van der Waals surface area contributed by atoms with Gasteiger partial charge in [-0.1, -0.05) is 30.3 Å². The Morgan fingerprint density at radius 1 is 1.07 bits per heavy atom. The van der Waals surface area contributed by atoms with Crippen molar-refractivity contribution in [3.63, 3.8) is 0 Å². The van der Waals surface area contributed by atoms with E-state index in [9.17, 15) is 9.90 Å². The number of hydrogen-bond donors (Lipinski definition) is 1. The molecular weight excluding hydrogens is 354 g/mol. The number of ether oxygens (including phenoxy) is 1. The fourth-order valence-corrected chi connectivity index (χ4v) is 2.97. The monoisotopic (exact) mass is 382 g/mol. The van der Waals surface area contributed by atoms with Crippen LogP contribution in [-0.2, 0) is 0 Å². The summed E-state index contributed by atoms with van der Waals surface area (Å²) < 4.78 is 12.4. The van der Waals surface area contributed by atoms with E-state index in [0.717, 1.165) is 5.56 Å². The number of likely N-dealkylation sites (N-methyl/N-ethyl adjacent to an activating group) is 1. The molecule has 148 valence electrons. The minimum atomic E-state index is -0.587. The van der Waals surface area contributed by atoms with Crippen LogP contribution in [0.2, 0.25) is 0 Å². The minimum Gasteiger partial charge on any atom is -0.491 e. The van der Waals surface area contributed by atoms with Gasteiger partial charge in [0.05, 0.1) is 25.5 Å². The fourth-order valence-electron chi connectivity index (χ4n) is 2.97. The highest BCUT2D eigenvalue weighted by molar-refractivity contribution is 5.80. The molecule has 1 heterocycles. The number of nitrogens with zero attached hydrogens (tertiary/aromatic N) is 1. The lowest BCUT2D eigenvalue weighted by Gasteiger charge is -2.35. The molecule has 0 saturated heterocycles. The summed E-state index contributed by atoms with van der Waals surface area (Å²) in [6.45, 7) is 5.04. The fraction of sp³-hybridized carbons (Fsp3) is 0.348. The second-order valence-electron chi connectivity index (χ2n) is 8.02. The number of quaternary nitrogens is 1. The number of rotatable bonds is 7. The van der Waals surface area contributed by atoms with E-state index in [0.29, 0.717) is 39.5 Å². The molecule has 0 spiro atoms. The molecule has 1 aromatic heterocycles. The average Bonchev–Trinajstić information content (AvgIpc) is 2.66. The number of aliphatic hydroxyl groups excluding tert-OH is 1. The third kappa shape index (κ3) is 4.61. The Hall–Kier alpha value is -2.63. The Balaban J connectivity index is 1.79. The summed E-state index contributed by atoms with van der Waals surface area (Å²) in [5.74, 6) is 1.08. The van der Waals surface area contributed by atoms with Crippen LogP contribution in [0.5, 0.6) is 5.75 Å². The summed E-state index contributed by atoms with van der Waals surface area (Å²) >= 11 is 0. The van der Waals surface area contributed by atoms with Crippen LogP contribution in [-0.4, -0.2) is 49.0 Å². The van der Waals surface area contributed by atoms with Gasteiger partial charge in [-0.25, -0.2) is 0 Å². The predicted octanol–water partition coefficient (Wildman–Crippen LogP) is 3.68. The predicted molar refractivity (Wildman–Crippen MR) is 112 cm³/mol. The van der Waals surface area contributed by atoms with Crippen LogP contribution in [0.3, 0.4) is 0 Å². The lowest BCUT2D eigenvalue weighted by molar-refractivity contribution is -0.914. The van der Waals surface area contributed by atoms with Crippen molar-refractivity contribution >= 4 is 11.0 Å². The van der Waals surface area contributed by atoms with Crippen LogP contribution in [0.1, 0.15) is 13.8 Å². The van der Waals surface area contributed by atoms with Gasteiger partial charge in [0.15, 0.2) is 5.43 Å². The van der Waals surface area contributed by atoms with Crippen LogP contribution in [0.25, 0.3) is 22.3 Å². The first-order chi connectivity index (χ1) is 13.3. The van der Waals surface area contributed by atoms with Gasteiger partial charge in [0.2, 0.25) is 0 Å². The van der Waals surface area contributed by atoms with Gasteiger partial charge in [-0.2, -0.15) is 0 Å². The van der Waals surface area contributed by atoms with Crippen LogP contribution in [0.4, 0.5) is 0 Å².